The second kappa shape index (κ2) is 9.46. The van der Waals surface area contributed by atoms with E-state index in [1.807, 2.05) is 45.0 Å². The lowest BCUT2D eigenvalue weighted by molar-refractivity contribution is -0.145. The second-order valence-electron chi connectivity index (χ2n) is 6.99. The molecule has 26 heavy (non-hydrogen) atoms. The summed E-state index contributed by atoms with van der Waals surface area (Å²) in [6, 6.07) is 8.02. The summed E-state index contributed by atoms with van der Waals surface area (Å²) in [4.78, 5) is 18.8. The topological polar surface area (TPSA) is 63.2 Å². The van der Waals surface area contributed by atoms with Gasteiger partial charge in [0.05, 0.1) is 25.7 Å². The SMILES string of the molecule is CCNC(=NCc1ccc(OC(C)C)cc1)N1CC(C)C(C(=O)OC)C1. The minimum atomic E-state index is -0.142. The van der Waals surface area contributed by atoms with Crippen LogP contribution in [0.2, 0.25) is 0 Å². The third-order valence-electron chi connectivity index (χ3n) is 4.46. The number of likely N-dealkylation sites (tertiary alicyclic amines) is 1. The van der Waals surface area contributed by atoms with Crippen molar-refractivity contribution in [1.29, 1.82) is 0 Å². The van der Waals surface area contributed by atoms with Crippen LogP contribution in [0.25, 0.3) is 0 Å². The van der Waals surface area contributed by atoms with Gasteiger partial charge in [0.25, 0.3) is 0 Å². The first-order valence-corrected chi connectivity index (χ1v) is 9.31. The van der Waals surface area contributed by atoms with Crippen molar-refractivity contribution in [2.45, 2.75) is 40.3 Å². The number of hydrogen-bond donors (Lipinski definition) is 1. The van der Waals surface area contributed by atoms with Crippen LogP contribution in [0.4, 0.5) is 0 Å². The summed E-state index contributed by atoms with van der Waals surface area (Å²) in [5, 5.41) is 3.33. The molecule has 1 N–H and O–H groups in total. The molecule has 6 heteroatoms. The number of guanidine groups is 1. The van der Waals surface area contributed by atoms with Gasteiger partial charge in [0.1, 0.15) is 5.75 Å². The molecule has 0 saturated carbocycles. The molecule has 0 radical (unpaired) electrons. The van der Waals surface area contributed by atoms with Gasteiger partial charge in [-0.05, 0) is 44.4 Å². The van der Waals surface area contributed by atoms with E-state index in [1.165, 1.54) is 7.11 Å². The van der Waals surface area contributed by atoms with Gasteiger partial charge in [-0.1, -0.05) is 19.1 Å². The molecular weight excluding hydrogens is 330 g/mol. The summed E-state index contributed by atoms with van der Waals surface area (Å²) in [6.45, 7) is 11.0. The van der Waals surface area contributed by atoms with E-state index in [1.54, 1.807) is 0 Å². The highest BCUT2D eigenvalue weighted by atomic mass is 16.5. The lowest BCUT2D eigenvalue weighted by atomic mass is 9.99. The minimum absolute atomic E-state index is 0.101. The van der Waals surface area contributed by atoms with Crippen LogP contribution in [0.1, 0.15) is 33.3 Å². The highest BCUT2D eigenvalue weighted by Crippen LogP contribution is 2.24. The van der Waals surface area contributed by atoms with Crippen molar-refractivity contribution in [2.24, 2.45) is 16.8 Å². The average molecular weight is 361 g/mol. The zero-order valence-electron chi connectivity index (χ0n) is 16.5. The van der Waals surface area contributed by atoms with Gasteiger partial charge in [-0.15, -0.1) is 0 Å². The molecule has 1 aromatic rings. The molecule has 2 unspecified atom stereocenters. The minimum Gasteiger partial charge on any atom is -0.491 e. The van der Waals surface area contributed by atoms with Crippen molar-refractivity contribution in [3.8, 4) is 5.75 Å². The number of carbonyl (C=O) groups is 1. The van der Waals surface area contributed by atoms with Crippen LogP contribution in [0, 0.1) is 11.8 Å². The van der Waals surface area contributed by atoms with Gasteiger partial charge < -0.3 is 19.7 Å². The summed E-state index contributed by atoms with van der Waals surface area (Å²) in [5.41, 5.74) is 1.12. The quantitative estimate of drug-likeness (QED) is 0.479. The van der Waals surface area contributed by atoms with Crippen LogP contribution >= 0.6 is 0 Å². The Morgan fingerprint density at radius 1 is 1.31 bits per heavy atom. The van der Waals surface area contributed by atoms with Gasteiger partial charge in [0, 0.05) is 19.6 Å². The van der Waals surface area contributed by atoms with Gasteiger partial charge in [-0.2, -0.15) is 0 Å². The Balaban J connectivity index is 2.03. The zero-order chi connectivity index (χ0) is 19.1. The number of carbonyl (C=O) groups excluding carboxylic acids is 1. The number of esters is 1. The van der Waals surface area contributed by atoms with E-state index in [2.05, 4.69) is 17.1 Å². The summed E-state index contributed by atoms with van der Waals surface area (Å²) in [6.07, 6.45) is 0.166. The standard InChI is InChI=1S/C20H31N3O3/c1-6-21-20(23-12-15(4)18(13-23)19(24)25-5)22-11-16-7-9-17(10-8-16)26-14(2)3/h7-10,14-15,18H,6,11-13H2,1-5H3,(H,21,22). The van der Waals surface area contributed by atoms with Crippen LogP contribution in [-0.4, -0.2) is 49.7 Å². The van der Waals surface area contributed by atoms with E-state index in [0.29, 0.717) is 13.1 Å². The normalized spacial score (nSPS) is 20.4. The molecule has 1 aliphatic rings. The van der Waals surface area contributed by atoms with Crippen molar-refractivity contribution in [1.82, 2.24) is 10.2 Å². The lowest BCUT2D eigenvalue weighted by Crippen LogP contribution is -2.40. The van der Waals surface area contributed by atoms with Crippen LogP contribution < -0.4 is 10.1 Å². The van der Waals surface area contributed by atoms with Crippen molar-refractivity contribution in [3.05, 3.63) is 29.8 Å². The number of nitrogens with one attached hydrogen (secondary N) is 1. The van der Waals surface area contributed by atoms with Gasteiger partial charge in [-0.3, -0.25) is 4.79 Å². The van der Waals surface area contributed by atoms with Crippen LogP contribution in [0.15, 0.2) is 29.3 Å². The van der Waals surface area contributed by atoms with Crippen LogP contribution in [-0.2, 0) is 16.1 Å². The van der Waals surface area contributed by atoms with E-state index in [-0.39, 0.29) is 23.9 Å². The number of benzene rings is 1. The predicted molar refractivity (Wildman–Crippen MR) is 103 cm³/mol. The molecule has 0 spiro atoms. The smallest absolute Gasteiger partial charge is 0.310 e. The maximum Gasteiger partial charge on any atom is 0.310 e. The maximum absolute atomic E-state index is 11.9. The van der Waals surface area contributed by atoms with E-state index >= 15 is 0 Å². The monoisotopic (exact) mass is 361 g/mol. The number of aliphatic imine (C=N–C) groups is 1. The molecule has 2 rings (SSSR count). The van der Waals surface area contributed by atoms with E-state index in [4.69, 9.17) is 14.5 Å². The van der Waals surface area contributed by atoms with E-state index in [9.17, 15) is 4.79 Å². The lowest BCUT2D eigenvalue weighted by Gasteiger charge is -2.21. The first-order chi connectivity index (χ1) is 12.4. The number of rotatable bonds is 6. The molecule has 0 aromatic heterocycles. The molecular formula is C20H31N3O3. The molecule has 144 valence electrons. The fourth-order valence-corrected chi connectivity index (χ4v) is 3.14. The molecule has 1 fully saturated rings. The first-order valence-electron chi connectivity index (χ1n) is 9.31. The highest BCUT2D eigenvalue weighted by molar-refractivity contribution is 5.82. The van der Waals surface area contributed by atoms with Gasteiger partial charge >= 0.3 is 5.97 Å². The Labute approximate surface area is 156 Å². The summed E-state index contributed by atoms with van der Waals surface area (Å²) >= 11 is 0. The average Bonchev–Trinajstić information content (AvgIpc) is 3.00. The largest absolute Gasteiger partial charge is 0.491 e. The molecule has 2 atom stereocenters. The number of nitrogens with zero attached hydrogens (tertiary/aromatic N) is 2. The Morgan fingerprint density at radius 3 is 2.58 bits per heavy atom. The number of ether oxygens (including phenoxy) is 2. The van der Waals surface area contributed by atoms with Gasteiger partial charge in [0.15, 0.2) is 5.96 Å². The van der Waals surface area contributed by atoms with Crippen LogP contribution in [0.3, 0.4) is 0 Å². The molecule has 1 aromatic carbocycles. The fraction of sp³-hybridized carbons (Fsp3) is 0.600. The molecule has 1 aliphatic heterocycles. The summed E-state index contributed by atoms with van der Waals surface area (Å²) < 4.78 is 10.6. The summed E-state index contributed by atoms with van der Waals surface area (Å²) in [7, 11) is 1.45. The third-order valence-corrected chi connectivity index (χ3v) is 4.46. The Hall–Kier alpha value is -2.24. The predicted octanol–water partition coefficient (Wildman–Crippen LogP) is 2.68. The molecule has 0 aliphatic carbocycles. The van der Waals surface area contributed by atoms with E-state index in [0.717, 1.165) is 30.4 Å². The highest BCUT2D eigenvalue weighted by Gasteiger charge is 2.36. The first kappa shape index (κ1) is 20.1. The van der Waals surface area contributed by atoms with Crippen molar-refractivity contribution in [3.63, 3.8) is 0 Å². The number of methoxy groups -OCH3 is 1. The van der Waals surface area contributed by atoms with Gasteiger partial charge in [-0.25, -0.2) is 4.99 Å². The maximum atomic E-state index is 11.9. The molecule has 1 heterocycles. The van der Waals surface area contributed by atoms with Crippen LogP contribution in [0.5, 0.6) is 5.75 Å². The Bertz CT molecular complexity index is 613. The second-order valence-corrected chi connectivity index (χ2v) is 6.99. The number of hydrogen-bond acceptors (Lipinski definition) is 4. The van der Waals surface area contributed by atoms with Crippen molar-refractivity contribution < 1.29 is 14.3 Å². The third kappa shape index (κ3) is 5.38. The molecule has 6 nitrogen and oxygen atoms in total. The summed E-state index contributed by atoms with van der Waals surface area (Å²) in [5.74, 6) is 1.72. The Kier molecular flexibility index (Phi) is 7.30. The van der Waals surface area contributed by atoms with Crippen molar-refractivity contribution in [2.75, 3.05) is 26.7 Å². The zero-order valence-corrected chi connectivity index (χ0v) is 16.5. The van der Waals surface area contributed by atoms with E-state index < -0.39 is 0 Å². The fourth-order valence-electron chi connectivity index (χ4n) is 3.14. The molecule has 0 bridgehead atoms. The molecule has 0 amide bonds. The molecule has 1 saturated heterocycles. The van der Waals surface area contributed by atoms with Crippen molar-refractivity contribution >= 4 is 11.9 Å². The van der Waals surface area contributed by atoms with Gasteiger partial charge in [0.2, 0.25) is 0 Å². The Morgan fingerprint density at radius 2 is 2.00 bits per heavy atom.